The summed E-state index contributed by atoms with van der Waals surface area (Å²) in [5.41, 5.74) is -0.0541. The fraction of sp³-hybridized carbons (Fsp3) is 1.00. The van der Waals surface area contributed by atoms with Crippen molar-refractivity contribution in [1.29, 1.82) is 0 Å². The van der Waals surface area contributed by atoms with Gasteiger partial charge in [-0.25, -0.2) is 0 Å². The quantitative estimate of drug-likeness (QED) is 0.695. The molecule has 2 heterocycles. The Kier molecular flexibility index (Phi) is 4.19. The molecule has 0 aromatic rings. The topological polar surface area (TPSA) is 33.3 Å². The Morgan fingerprint density at radius 2 is 1.93 bits per heavy atom. The van der Waals surface area contributed by atoms with Gasteiger partial charge in [-0.2, -0.15) is 0 Å². The largest absolute Gasteiger partial charge is 0.359 e. The molecule has 14 heavy (non-hydrogen) atoms. The van der Waals surface area contributed by atoms with Crippen LogP contribution in [-0.2, 0) is 4.74 Å². The van der Waals surface area contributed by atoms with Crippen LogP contribution in [0.3, 0.4) is 0 Å². The standard InChI is InChI=1S/C10H20N2O.ClH/c1-8-7-13-10(2,12-8)9-3-5-11-6-4-9;/h8-9,11-12H,3-7H2,1-2H3;1H. The second kappa shape index (κ2) is 4.79. The van der Waals surface area contributed by atoms with Crippen LogP contribution in [-0.4, -0.2) is 31.5 Å². The Morgan fingerprint density at radius 1 is 1.29 bits per heavy atom. The molecule has 2 N–H and O–H groups in total. The SMILES string of the molecule is CC1COC(C)(C2CCNCC2)N1.Cl. The van der Waals surface area contributed by atoms with Gasteiger partial charge in [-0.15, -0.1) is 12.4 Å². The summed E-state index contributed by atoms with van der Waals surface area (Å²) in [5.74, 6) is 0.679. The summed E-state index contributed by atoms with van der Waals surface area (Å²) in [4.78, 5) is 0. The van der Waals surface area contributed by atoms with Crippen LogP contribution in [0.15, 0.2) is 0 Å². The monoisotopic (exact) mass is 220 g/mol. The molecule has 0 bridgehead atoms. The molecule has 0 spiro atoms. The Hall–Kier alpha value is 0.170. The maximum atomic E-state index is 5.85. The van der Waals surface area contributed by atoms with Crippen molar-refractivity contribution in [2.75, 3.05) is 19.7 Å². The summed E-state index contributed by atoms with van der Waals surface area (Å²) < 4.78 is 5.85. The molecule has 3 nitrogen and oxygen atoms in total. The van der Waals surface area contributed by atoms with Crippen molar-refractivity contribution in [2.24, 2.45) is 5.92 Å². The molecule has 2 aliphatic heterocycles. The third kappa shape index (κ3) is 2.40. The fourth-order valence-electron chi connectivity index (χ4n) is 2.48. The zero-order chi connectivity index (χ0) is 9.31. The minimum absolute atomic E-state index is 0. The highest BCUT2D eigenvalue weighted by Crippen LogP contribution is 2.30. The molecule has 2 atom stereocenters. The molecule has 2 fully saturated rings. The smallest absolute Gasteiger partial charge is 0.119 e. The summed E-state index contributed by atoms with van der Waals surface area (Å²) >= 11 is 0. The van der Waals surface area contributed by atoms with E-state index in [9.17, 15) is 0 Å². The molecular weight excluding hydrogens is 200 g/mol. The average molecular weight is 221 g/mol. The third-order valence-electron chi connectivity index (χ3n) is 3.28. The van der Waals surface area contributed by atoms with Gasteiger partial charge in [-0.05, 0) is 39.8 Å². The Bertz CT molecular complexity index is 185. The first kappa shape index (κ1) is 12.2. The molecule has 84 valence electrons. The van der Waals surface area contributed by atoms with Crippen molar-refractivity contribution in [1.82, 2.24) is 10.6 Å². The number of hydrogen-bond donors (Lipinski definition) is 2. The number of ether oxygens (including phenoxy) is 1. The van der Waals surface area contributed by atoms with E-state index in [2.05, 4.69) is 24.5 Å². The van der Waals surface area contributed by atoms with Gasteiger partial charge < -0.3 is 10.1 Å². The van der Waals surface area contributed by atoms with E-state index in [4.69, 9.17) is 4.74 Å². The van der Waals surface area contributed by atoms with Crippen LogP contribution in [0.5, 0.6) is 0 Å². The van der Waals surface area contributed by atoms with E-state index < -0.39 is 0 Å². The van der Waals surface area contributed by atoms with Crippen molar-refractivity contribution in [3.05, 3.63) is 0 Å². The number of rotatable bonds is 1. The lowest BCUT2D eigenvalue weighted by molar-refractivity contribution is -0.0523. The maximum Gasteiger partial charge on any atom is 0.119 e. The van der Waals surface area contributed by atoms with Crippen LogP contribution >= 0.6 is 12.4 Å². The predicted octanol–water partition coefficient (Wildman–Crippen LogP) is 1.13. The van der Waals surface area contributed by atoms with Crippen molar-refractivity contribution >= 4 is 12.4 Å². The molecule has 2 rings (SSSR count). The van der Waals surface area contributed by atoms with Crippen LogP contribution in [0.2, 0.25) is 0 Å². The lowest BCUT2D eigenvalue weighted by Gasteiger charge is -2.36. The van der Waals surface area contributed by atoms with Gasteiger partial charge in [-0.1, -0.05) is 0 Å². The summed E-state index contributed by atoms with van der Waals surface area (Å²) in [5, 5.41) is 6.93. The van der Waals surface area contributed by atoms with Gasteiger partial charge in [0, 0.05) is 12.0 Å². The molecule has 0 saturated carbocycles. The Morgan fingerprint density at radius 3 is 2.43 bits per heavy atom. The van der Waals surface area contributed by atoms with Gasteiger partial charge in [0.2, 0.25) is 0 Å². The van der Waals surface area contributed by atoms with Gasteiger partial charge in [-0.3, -0.25) is 5.32 Å². The normalized spacial score (nSPS) is 39.4. The van der Waals surface area contributed by atoms with Gasteiger partial charge >= 0.3 is 0 Å². The van der Waals surface area contributed by atoms with Crippen molar-refractivity contribution in [3.8, 4) is 0 Å². The average Bonchev–Trinajstić information content (AvgIpc) is 2.49. The van der Waals surface area contributed by atoms with Crippen molar-refractivity contribution < 1.29 is 4.74 Å². The zero-order valence-corrected chi connectivity index (χ0v) is 9.82. The number of nitrogens with one attached hydrogen (secondary N) is 2. The van der Waals surface area contributed by atoms with Crippen LogP contribution in [0.1, 0.15) is 26.7 Å². The molecule has 4 heteroatoms. The van der Waals surface area contributed by atoms with Gasteiger partial charge in [0.15, 0.2) is 0 Å². The summed E-state index contributed by atoms with van der Waals surface area (Å²) in [6, 6.07) is 0.514. The maximum absolute atomic E-state index is 5.85. The lowest BCUT2D eigenvalue weighted by Crippen LogP contribution is -2.50. The first-order valence-electron chi connectivity index (χ1n) is 5.33. The third-order valence-corrected chi connectivity index (χ3v) is 3.28. The van der Waals surface area contributed by atoms with Crippen LogP contribution in [0.25, 0.3) is 0 Å². The minimum Gasteiger partial charge on any atom is -0.359 e. The highest BCUT2D eigenvalue weighted by atomic mass is 35.5. The number of piperidine rings is 1. The minimum atomic E-state index is -0.0541. The number of halogens is 1. The second-order valence-electron chi connectivity index (χ2n) is 4.49. The van der Waals surface area contributed by atoms with E-state index in [0.29, 0.717) is 12.0 Å². The van der Waals surface area contributed by atoms with E-state index in [0.717, 1.165) is 19.7 Å². The van der Waals surface area contributed by atoms with Crippen LogP contribution in [0, 0.1) is 5.92 Å². The molecular formula is C10H21ClN2O. The van der Waals surface area contributed by atoms with Gasteiger partial charge in [0.1, 0.15) is 5.72 Å². The molecule has 2 saturated heterocycles. The zero-order valence-electron chi connectivity index (χ0n) is 9.01. The highest BCUT2D eigenvalue weighted by Gasteiger charge is 2.40. The molecule has 0 radical (unpaired) electrons. The van der Waals surface area contributed by atoms with E-state index in [1.165, 1.54) is 12.8 Å². The van der Waals surface area contributed by atoms with Gasteiger partial charge in [0.05, 0.1) is 6.61 Å². The van der Waals surface area contributed by atoms with Crippen LogP contribution < -0.4 is 10.6 Å². The second-order valence-corrected chi connectivity index (χ2v) is 4.49. The van der Waals surface area contributed by atoms with Gasteiger partial charge in [0.25, 0.3) is 0 Å². The highest BCUT2D eigenvalue weighted by molar-refractivity contribution is 5.85. The molecule has 0 aliphatic carbocycles. The first-order valence-corrected chi connectivity index (χ1v) is 5.33. The molecule has 0 aromatic heterocycles. The molecule has 2 aliphatic rings. The Labute approximate surface area is 92.4 Å². The summed E-state index contributed by atoms with van der Waals surface area (Å²) in [6.45, 7) is 7.53. The number of hydrogen-bond acceptors (Lipinski definition) is 3. The summed E-state index contributed by atoms with van der Waals surface area (Å²) in [7, 11) is 0. The van der Waals surface area contributed by atoms with E-state index in [-0.39, 0.29) is 18.1 Å². The molecule has 0 amide bonds. The van der Waals surface area contributed by atoms with Crippen LogP contribution in [0.4, 0.5) is 0 Å². The molecule has 0 aromatic carbocycles. The van der Waals surface area contributed by atoms with E-state index >= 15 is 0 Å². The summed E-state index contributed by atoms with van der Waals surface area (Å²) in [6.07, 6.45) is 2.46. The van der Waals surface area contributed by atoms with E-state index in [1.54, 1.807) is 0 Å². The van der Waals surface area contributed by atoms with Crippen molar-refractivity contribution in [2.45, 2.75) is 38.5 Å². The Balaban J connectivity index is 0.000000980. The van der Waals surface area contributed by atoms with Crippen molar-refractivity contribution in [3.63, 3.8) is 0 Å². The lowest BCUT2D eigenvalue weighted by atomic mass is 9.88. The molecule has 2 unspecified atom stereocenters. The fourth-order valence-corrected chi connectivity index (χ4v) is 2.48. The van der Waals surface area contributed by atoms with E-state index in [1.807, 2.05) is 0 Å². The first-order chi connectivity index (χ1) is 6.21. The predicted molar refractivity (Wildman–Crippen MR) is 59.8 cm³/mol.